The number of rotatable bonds is 3. The summed E-state index contributed by atoms with van der Waals surface area (Å²) in [7, 11) is 0. The maximum atomic E-state index is 13.0. The van der Waals surface area contributed by atoms with Gasteiger partial charge in [0.25, 0.3) is 0 Å². The molecule has 164 valence electrons. The van der Waals surface area contributed by atoms with Crippen LogP contribution in [0.5, 0.6) is 0 Å². The van der Waals surface area contributed by atoms with Crippen LogP contribution in [0.1, 0.15) is 24.1 Å². The van der Waals surface area contributed by atoms with Gasteiger partial charge in [-0.05, 0) is 31.0 Å². The second kappa shape index (κ2) is 8.96. The van der Waals surface area contributed by atoms with E-state index in [1.54, 1.807) is 23.1 Å². The Hall–Kier alpha value is -2.83. The molecule has 2 aliphatic rings. The molecule has 1 N–H and O–H groups in total. The van der Waals surface area contributed by atoms with E-state index in [9.17, 15) is 4.79 Å². The molecule has 2 aliphatic heterocycles. The van der Waals surface area contributed by atoms with Crippen molar-refractivity contribution in [1.29, 1.82) is 0 Å². The number of amides is 2. The second-order valence-electron chi connectivity index (χ2n) is 8.09. The van der Waals surface area contributed by atoms with Crippen LogP contribution < -0.4 is 10.2 Å². The molecule has 1 saturated heterocycles. The van der Waals surface area contributed by atoms with Crippen molar-refractivity contribution in [1.82, 2.24) is 14.9 Å². The van der Waals surface area contributed by atoms with Crippen molar-refractivity contribution >= 4 is 40.7 Å². The Morgan fingerprint density at radius 1 is 0.938 bits per heavy atom. The molecule has 8 heteroatoms. The number of anilines is 2. The number of halogens is 2. The van der Waals surface area contributed by atoms with Crippen LogP contribution in [0.3, 0.4) is 0 Å². The molecular formula is C24H23Cl2N5O. The van der Waals surface area contributed by atoms with Crippen molar-refractivity contribution in [2.24, 2.45) is 0 Å². The van der Waals surface area contributed by atoms with E-state index in [0.29, 0.717) is 35.2 Å². The molecule has 2 aromatic carbocycles. The van der Waals surface area contributed by atoms with Crippen LogP contribution >= 0.6 is 23.2 Å². The monoisotopic (exact) mass is 467 g/mol. The number of carbonyl (C=O) groups is 1. The van der Waals surface area contributed by atoms with E-state index < -0.39 is 0 Å². The molecule has 5 rings (SSSR count). The number of hydrogen-bond donors (Lipinski definition) is 1. The molecule has 0 spiro atoms. The minimum Gasteiger partial charge on any atom is -0.356 e. The Morgan fingerprint density at radius 3 is 2.47 bits per heavy atom. The molecular weight excluding hydrogens is 445 g/mol. The molecule has 3 heterocycles. The number of fused-ring (bicyclic) bond motifs is 1. The Balaban J connectivity index is 1.43. The molecule has 0 unspecified atom stereocenters. The van der Waals surface area contributed by atoms with E-state index in [0.717, 1.165) is 54.4 Å². The van der Waals surface area contributed by atoms with Crippen LogP contribution in [0.2, 0.25) is 10.0 Å². The number of aromatic nitrogens is 2. The van der Waals surface area contributed by atoms with Crippen molar-refractivity contribution in [3.63, 3.8) is 0 Å². The largest absolute Gasteiger partial charge is 0.356 e. The second-order valence-corrected chi connectivity index (χ2v) is 8.90. The third-order valence-corrected chi connectivity index (χ3v) is 6.67. The molecule has 2 amide bonds. The predicted octanol–water partition coefficient (Wildman–Crippen LogP) is 5.64. The van der Waals surface area contributed by atoms with E-state index in [1.165, 1.54) is 0 Å². The summed E-state index contributed by atoms with van der Waals surface area (Å²) >= 11 is 12.1. The highest BCUT2D eigenvalue weighted by molar-refractivity contribution is 6.42. The summed E-state index contributed by atoms with van der Waals surface area (Å²) in [5.41, 5.74) is 3.70. The minimum atomic E-state index is -0.173. The molecule has 1 aromatic heterocycles. The first-order chi connectivity index (χ1) is 15.6. The van der Waals surface area contributed by atoms with E-state index in [2.05, 4.69) is 10.2 Å². The van der Waals surface area contributed by atoms with Gasteiger partial charge in [-0.3, -0.25) is 0 Å². The standard InChI is InChI=1S/C24H23Cl2N5O/c25-19-9-8-17(14-20(19)26)27-24(32)31-13-10-21-18(15-31)23(30-11-4-5-12-30)29-22(28-21)16-6-2-1-3-7-16/h1-3,6-9,14H,4-5,10-13,15H2,(H,27,32). The maximum absolute atomic E-state index is 13.0. The van der Waals surface area contributed by atoms with Gasteiger partial charge in [-0.15, -0.1) is 0 Å². The van der Waals surface area contributed by atoms with Gasteiger partial charge < -0.3 is 15.1 Å². The molecule has 0 aliphatic carbocycles. The van der Waals surface area contributed by atoms with Crippen molar-refractivity contribution in [2.75, 3.05) is 29.9 Å². The van der Waals surface area contributed by atoms with Gasteiger partial charge >= 0.3 is 6.03 Å². The molecule has 3 aromatic rings. The summed E-state index contributed by atoms with van der Waals surface area (Å²) in [6.07, 6.45) is 3.00. The van der Waals surface area contributed by atoms with E-state index in [-0.39, 0.29) is 6.03 Å². The summed E-state index contributed by atoms with van der Waals surface area (Å²) in [4.78, 5) is 27.0. The SMILES string of the molecule is O=C(Nc1ccc(Cl)c(Cl)c1)N1CCc2nc(-c3ccccc3)nc(N3CCCC3)c2C1. The molecule has 0 bridgehead atoms. The summed E-state index contributed by atoms with van der Waals surface area (Å²) in [6.45, 7) is 3.02. The highest BCUT2D eigenvalue weighted by Gasteiger charge is 2.29. The smallest absolute Gasteiger partial charge is 0.322 e. The summed E-state index contributed by atoms with van der Waals surface area (Å²) < 4.78 is 0. The van der Waals surface area contributed by atoms with Gasteiger partial charge in [-0.25, -0.2) is 14.8 Å². The van der Waals surface area contributed by atoms with E-state index >= 15 is 0 Å². The van der Waals surface area contributed by atoms with Crippen LogP contribution in [0, 0.1) is 0 Å². The Bertz CT molecular complexity index is 1150. The number of benzene rings is 2. The summed E-state index contributed by atoms with van der Waals surface area (Å²) in [6, 6.07) is 15.0. The van der Waals surface area contributed by atoms with E-state index in [4.69, 9.17) is 33.2 Å². The fourth-order valence-electron chi connectivity index (χ4n) is 4.25. The molecule has 0 radical (unpaired) electrons. The van der Waals surface area contributed by atoms with Gasteiger partial charge in [0, 0.05) is 42.9 Å². The average Bonchev–Trinajstić information content (AvgIpc) is 3.36. The Labute approximate surface area is 197 Å². The number of hydrogen-bond acceptors (Lipinski definition) is 4. The number of carbonyl (C=O) groups excluding carboxylic acids is 1. The van der Waals surface area contributed by atoms with Crippen molar-refractivity contribution < 1.29 is 4.79 Å². The Morgan fingerprint density at radius 2 is 1.72 bits per heavy atom. The van der Waals surface area contributed by atoms with Crippen molar-refractivity contribution in [3.8, 4) is 11.4 Å². The third kappa shape index (κ3) is 4.25. The van der Waals surface area contributed by atoms with Crippen LogP contribution in [0.4, 0.5) is 16.3 Å². The zero-order valence-corrected chi connectivity index (χ0v) is 19.0. The molecule has 6 nitrogen and oxygen atoms in total. The van der Waals surface area contributed by atoms with Gasteiger partial charge in [-0.2, -0.15) is 0 Å². The normalized spacial score (nSPS) is 15.6. The average molecular weight is 468 g/mol. The summed E-state index contributed by atoms with van der Waals surface area (Å²) in [5, 5.41) is 3.79. The van der Waals surface area contributed by atoms with Gasteiger partial charge in [0.15, 0.2) is 5.82 Å². The van der Waals surface area contributed by atoms with Gasteiger partial charge in [-0.1, -0.05) is 53.5 Å². The fraction of sp³-hybridized carbons (Fsp3) is 0.292. The lowest BCUT2D eigenvalue weighted by Gasteiger charge is -2.32. The fourth-order valence-corrected chi connectivity index (χ4v) is 4.55. The van der Waals surface area contributed by atoms with E-state index in [1.807, 2.05) is 30.3 Å². The minimum absolute atomic E-state index is 0.173. The lowest BCUT2D eigenvalue weighted by atomic mass is 10.0. The first kappa shape index (κ1) is 21.0. The number of nitrogens with one attached hydrogen (secondary N) is 1. The summed E-state index contributed by atoms with van der Waals surface area (Å²) in [5.74, 6) is 1.71. The molecule has 32 heavy (non-hydrogen) atoms. The third-order valence-electron chi connectivity index (χ3n) is 5.93. The topological polar surface area (TPSA) is 61.4 Å². The molecule has 0 atom stereocenters. The zero-order chi connectivity index (χ0) is 22.1. The van der Waals surface area contributed by atoms with Crippen LogP contribution in [-0.2, 0) is 13.0 Å². The number of urea groups is 1. The van der Waals surface area contributed by atoms with Crippen LogP contribution in [-0.4, -0.2) is 40.5 Å². The predicted molar refractivity (Wildman–Crippen MR) is 129 cm³/mol. The lowest BCUT2D eigenvalue weighted by Crippen LogP contribution is -2.40. The Kier molecular flexibility index (Phi) is 5.89. The van der Waals surface area contributed by atoms with Gasteiger partial charge in [0.05, 0.1) is 22.3 Å². The first-order valence-electron chi connectivity index (χ1n) is 10.8. The van der Waals surface area contributed by atoms with Gasteiger partial charge in [0.2, 0.25) is 0 Å². The van der Waals surface area contributed by atoms with Crippen molar-refractivity contribution in [3.05, 3.63) is 69.8 Å². The van der Waals surface area contributed by atoms with Crippen LogP contribution in [0.25, 0.3) is 11.4 Å². The van der Waals surface area contributed by atoms with Crippen LogP contribution in [0.15, 0.2) is 48.5 Å². The first-order valence-corrected chi connectivity index (χ1v) is 11.6. The number of nitrogens with zero attached hydrogens (tertiary/aromatic N) is 4. The van der Waals surface area contributed by atoms with Crippen molar-refractivity contribution in [2.45, 2.75) is 25.8 Å². The maximum Gasteiger partial charge on any atom is 0.322 e. The zero-order valence-electron chi connectivity index (χ0n) is 17.5. The molecule has 1 fully saturated rings. The molecule has 0 saturated carbocycles. The quantitative estimate of drug-likeness (QED) is 0.541. The highest BCUT2D eigenvalue weighted by atomic mass is 35.5. The highest BCUT2D eigenvalue weighted by Crippen LogP contribution is 2.32. The lowest BCUT2D eigenvalue weighted by molar-refractivity contribution is 0.206. The van der Waals surface area contributed by atoms with Gasteiger partial charge in [0.1, 0.15) is 5.82 Å².